The summed E-state index contributed by atoms with van der Waals surface area (Å²) in [6.45, 7) is 10.9. The Balaban J connectivity index is 1.97. The van der Waals surface area contributed by atoms with Crippen molar-refractivity contribution >= 4 is 28.2 Å². The molecule has 0 N–H and O–H groups in total. The fourth-order valence-electron chi connectivity index (χ4n) is 4.42. The maximum Gasteiger partial charge on any atom is 0.0458 e. The molecule has 1 nitrogen and oxygen atoms in total. The molecule has 33 heavy (non-hydrogen) atoms. The third-order valence-electron chi connectivity index (χ3n) is 6.77. The number of hydrogen-bond donors (Lipinski definition) is 0. The molecule has 0 saturated heterocycles. The van der Waals surface area contributed by atoms with E-state index >= 15 is 0 Å². The van der Waals surface area contributed by atoms with Crippen LogP contribution in [0.15, 0.2) is 96.7 Å². The Labute approximate surface area is 198 Å². The Bertz CT molecular complexity index is 1350. The monoisotopic (exact) mass is 432 g/mol. The molecule has 0 saturated carbocycles. The van der Waals surface area contributed by atoms with Crippen LogP contribution in [0.2, 0.25) is 0 Å². The maximum absolute atomic E-state index is 2.39. The van der Waals surface area contributed by atoms with Crippen LogP contribution in [0, 0.1) is 11.8 Å². The van der Waals surface area contributed by atoms with Crippen LogP contribution in [0.3, 0.4) is 0 Å². The molecule has 0 fully saturated rings. The quantitative estimate of drug-likeness (QED) is 0.389. The van der Waals surface area contributed by atoms with Gasteiger partial charge >= 0.3 is 0 Å². The summed E-state index contributed by atoms with van der Waals surface area (Å²) < 4.78 is 0. The smallest absolute Gasteiger partial charge is 0.0458 e. The number of allylic oxidation sites excluding steroid dienone is 5. The van der Waals surface area contributed by atoms with E-state index in [4.69, 9.17) is 0 Å². The van der Waals surface area contributed by atoms with Gasteiger partial charge in [-0.25, -0.2) is 0 Å². The van der Waals surface area contributed by atoms with Crippen molar-refractivity contribution in [1.82, 2.24) is 0 Å². The lowest BCUT2D eigenvalue weighted by Gasteiger charge is -2.30. The van der Waals surface area contributed by atoms with Crippen LogP contribution in [0.4, 0.5) is 5.69 Å². The van der Waals surface area contributed by atoms with Crippen LogP contribution in [0.25, 0.3) is 22.5 Å². The molecular weight excluding hydrogens is 398 g/mol. The zero-order chi connectivity index (χ0) is 23.4. The number of hydrogen-bond acceptors (Lipinski definition) is 1. The summed E-state index contributed by atoms with van der Waals surface area (Å²) in [7, 11) is 0. The lowest BCUT2D eigenvalue weighted by Crippen LogP contribution is -2.33. The van der Waals surface area contributed by atoms with Crippen LogP contribution in [-0.2, 0) is 6.42 Å². The molecule has 1 aliphatic rings. The standard InChI is InChI=1S/C32H34N/c1-6-25-15-17-30(18-16-25)33(29-14-11-20-32(5,8-3)21-19-29)24(4)31-23-28-13-10-9-12-27(28)22-26(31)7-2/h7-23H,6H2,1-5H3/q-1/b26-7-,31-24+. The van der Waals surface area contributed by atoms with Gasteiger partial charge in [0.2, 0.25) is 0 Å². The first-order valence-electron chi connectivity index (χ1n) is 11.9. The lowest BCUT2D eigenvalue weighted by atomic mass is 9.87. The minimum atomic E-state index is -0.0464. The Kier molecular flexibility index (Phi) is 6.70. The van der Waals surface area contributed by atoms with Crippen molar-refractivity contribution in [3.8, 4) is 0 Å². The topological polar surface area (TPSA) is 3.24 Å². The number of rotatable bonds is 5. The molecule has 0 aliphatic heterocycles. The molecule has 1 unspecified atom stereocenters. The Hall–Kier alpha value is -3.32. The molecule has 1 atom stereocenters. The molecule has 0 amide bonds. The Morgan fingerprint density at radius 1 is 1.00 bits per heavy atom. The van der Waals surface area contributed by atoms with Gasteiger partial charge in [-0.2, -0.15) is 6.92 Å². The second-order valence-corrected chi connectivity index (χ2v) is 8.95. The van der Waals surface area contributed by atoms with Crippen molar-refractivity contribution in [2.45, 2.75) is 41.0 Å². The van der Waals surface area contributed by atoms with E-state index in [9.17, 15) is 0 Å². The first-order valence-corrected chi connectivity index (χ1v) is 11.9. The molecule has 168 valence electrons. The van der Waals surface area contributed by atoms with Gasteiger partial charge in [-0.05, 0) is 78.2 Å². The first kappa shape index (κ1) is 22.9. The predicted octanol–water partition coefficient (Wildman–Crippen LogP) is 7.08. The number of nitrogens with zero attached hydrogens (tertiary/aromatic N) is 1. The zero-order valence-corrected chi connectivity index (χ0v) is 20.5. The molecule has 0 bridgehead atoms. The number of benzene rings is 3. The van der Waals surface area contributed by atoms with Crippen molar-refractivity contribution in [2.75, 3.05) is 4.90 Å². The van der Waals surface area contributed by atoms with Gasteiger partial charge in [0.25, 0.3) is 0 Å². The number of anilines is 1. The van der Waals surface area contributed by atoms with Gasteiger partial charge in [0, 0.05) is 22.3 Å². The maximum atomic E-state index is 2.39. The van der Waals surface area contributed by atoms with Crippen molar-refractivity contribution in [2.24, 2.45) is 5.41 Å². The Morgan fingerprint density at radius 2 is 1.70 bits per heavy atom. The van der Waals surface area contributed by atoms with Crippen LogP contribution >= 0.6 is 0 Å². The van der Waals surface area contributed by atoms with Crippen LogP contribution in [-0.4, -0.2) is 0 Å². The Morgan fingerprint density at radius 3 is 2.33 bits per heavy atom. The van der Waals surface area contributed by atoms with E-state index in [1.54, 1.807) is 0 Å². The number of fused-ring (bicyclic) bond motifs is 1. The van der Waals surface area contributed by atoms with Crippen LogP contribution in [0.1, 0.15) is 40.2 Å². The van der Waals surface area contributed by atoms with Gasteiger partial charge in [0.15, 0.2) is 0 Å². The fraction of sp³-hybridized carbons (Fsp3) is 0.219. The second-order valence-electron chi connectivity index (χ2n) is 8.95. The summed E-state index contributed by atoms with van der Waals surface area (Å²) >= 11 is 0. The van der Waals surface area contributed by atoms with E-state index < -0.39 is 0 Å². The van der Waals surface area contributed by atoms with Gasteiger partial charge in [-0.15, -0.1) is 17.6 Å². The molecule has 0 heterocycles. The average molecular weight is 433 g/mol. The summed E-state index contributed by atoms with van der Waals surface area (Å²) in [5.41, 5.74) is 4.85. The second kappa shape index (κ2) is 9.67. The molecule has 1 aliphatic carbocycles. The summed E-state index contributed by atoms with van der Waals surface area (Å²) in [6, 6.07) is 22.2. The van der Waals surface area contributed by atoms with E-state index in [1.807, 2.05) is 0 Å². The largest absolute Gasteiger partial charge is 0.318 e. The normalized spacial score (nSPS) is 19.4. The highest BCUT2D eigenvalue weighted by Gasteiger charge is 2.16. The predicted molar refractivity (Wildman–Crippen MR) is 145 cm³/mol. The van der Waals surface area contributed by atoms with E-state index in [-0.39, 0.29) is 5.41 Å². The molecule has 0 radical (unpaired) electrons. The summed E-state index contributed by atoms with van der Waals surface area (Å²) in [5.74, 6) is 0. The molecular formula is C32H34N-. The van der Waals surface area contributed by atoms with Crippen molar-refractivity contribution in [1.29, 1.82) is 0 Å². The fourth-order valence-corrected chi connectivity index (χ4v) is 4.42. The van der Waals surface area contributed by atoms with E-state index in [2.05, 4.69) is 143 Å². The molecule has 1 heteroatoms. The lowest BCUT2D eigenvalue weighted by molar-refractivity contribution is 0.654. The molecule has 0 aromatic heterocycles. The highest BCUT2D eigenvalue weighted by molar-refractivity contribution is 5.84. The molecule has 0 spiro atoms. The van der Waals surface area contributed by atoms with Crippen molar-refractivity contribution < 1.29 is 0 Å². The van der Waals surface area contributed by atoms with Gasteiger partial charge in [0.05, 0.1) is 0 Å². The highest BCUT2D eigenvalue weighted by atomic mass is 15.1. The van der Waals surface area contributed by atoms with E-state index in [0.29, 0.717) is 0 Å². The third-order valence-corrected chi connectivity index (χ3v) is 6.77. The minimum Gasteiger partial charge on any atom is -0.318 e. The zero-order valence-electron chi connectivity index (χ0n) is 20.5. The minimum absolute atomic E-state index is 0.0464. The SMILES string of the molecule is C/C=c1/cc2ccccc2c/c1=C(/C)N(C1=CC=CC(C)([CH-]C)C=C1)c1ccc(CC)cc1. The van der Waals surface area contributed by atoms with Gasteiger partial charge in [0.1, 0.15) is 0 Å². The van der Waals surface area contributed by atoms with Crippen LogP contribution < -0.4 is 15.3 Å². The van der Waals surface area contributed by atoms with Gasteiger partial charge in [-0.3, -0.25) is 0 Å². The van der Waals surface area contributed by atoms with Crippen LogP contribution in [0.5, 0.6) is 0 Å². The molecule has 3 aromatic rings. The highest BCUT2D eigenvalue weighted by Crippen LogP contribution is 2.31. The van der Waals surface area contributed by atoms with Gasteiger partial charge in [-0.1, -0.05) is 62.4 Å². The van der Waals surface area contributed by atoms with Crippen molar-refractivity contribution in [3.05, 3.63) is 119 Å². The van der Waals surface area contributed by atoms with E-state index in [0.717, 1.165) is 12.1 Å². The summed E-state index contributed by atoms with van der Waals surface area (Å²) in [6.07, 6.45) is 16.7. The summed E-state index contributed by atoms with van der Waals surface area (Å²) in [5, 5.41) is 5.04. The number of aryl methyl sites for hydroxylation is 1. The van der Waals surface area contributed by atoms with Gasteiger partial charge < -0.3 is 11.3 Å². The van der Waals surface area contributed by atoms with E-state index in [1.165, 1.54) is 38.2 Å². The molecule has 4 rings (SSSR count). The summed E-state index contributed by atoms with van der Waals surface area (Å²) in [4.78, 5) is 2.39. The van der Waals surface area contributed by atoms with Crippen molar-refractivity contribution in [3.63, 3.8) is 0 Å². The third kappa shape index (κ3) is 4.73. The first-order chi connectivity index (χ1) is 16.0. The average Bonchev–Trinajstić information content (AvgIpc) is 3.05. The molecule has 3 aromatic carbocycles.